The Kier molecular flexibility index (Phi) is 6.31. The Morgan fingerprint density at radius 2 is 2.22 bits per heavy atom. The van der Waals surface area contributed by atoms with E-state index < -0.39 is 0 Å². The minimum atomic E-state index is -0.0596. The molecule has 0 spiro atoms. The van der Waals surface area contributed by atoms with Crippen molar-refractivity contribution in [3.05, 3.63) is 11.9 Å². The number of aromatic nitrogens is 3. The zero-order valence-corrected chi connectivity index (χ0v) is 11.1. The fraction of sp³-hybridized carbons (Fsp3) is 0.727. The van der Waals surface area contributed by atoms with Gasteiger partial charge in [-0.15, -0.1) is 5.10 Å². The summed E-state index contributed by atoms with van der Waals surface area (Å²) in [5.41, 5.74) is 6.10. The van der Waals surface area contributed by atoms with Crippen LogP contribution in [0, 0.1) is 0 Å². The van der Waals surface area contributed by atoms with Crippen molar-refractivity contribution in [2.24, 2.45) is 5.73 Å². The lowest BCUT2D eigenvalue weighted by Crippen LogP contribution is -2.36. The number of likely N-dealkylation sites (N-methyl/N-ethyl adjacent to an activating group) is 1. The monoisotopic (exact) mass is 254 g/mol. The highest BCUT2D eigenvalue weighted by Gasteiger charge is 2.05. The summed E-state index contributed by atoms with van der Waals surface area (Å²) in [7, 11) is 0. The zero-order chi connectivity index (χ0) is 13.4. The van der Waals surface area contributed by atoms with Crippen molar-refractivity contribution in [1.29, 1.82) is 0 Å². The number of hydrogen-bond acceptors (Lipinski definition) is 5. The molecular formula is C11H22N6O. The molecule has 1 aromatic heterocycles. The minimum Gasteiger partial charge on any atom is -0.353 e. The predicted octanol–water partition coefficient (Wildman–Crippen LogP) is -0.805. The van der Waals surface area contributed by atoms with Crippen LogP contribution in [0.5, 0.6) is 0 Å². The molecule has 7 nitrogen and oxygen atoms in total. The van der Waals surface area contributed by atoms with Crippen molar-refractivity contribution in [2.45, 2.75) is 26.9 Å². The molecule has 0 aromatic carbocycles. The van der Waals surface area contributed by atoms with Gasteiger partial charge >= 0.3 is 0 Å². The molecule has 1 rings (SSSR count). The van der Waals surface area contributed by atoms with Gasteiger partial charge in [0.25, 0.3) is 0 Å². The average molecular weight is 254 g/mol. The topological polar surface area (TPSA) is 89.1 Å². The zero-order valence-electron chi connectivity index (χ0n) is 11.1. The smallest absolute Gasteiger partial charge is 0.241 e. The van der Waals surface area contributed by atoms with Gasteiger partial charge in [-0.1, -0.05) is 19.1 Å². The number of amides is 1. The van der Waals surface area contributed by atoms with Gasteiger partial charge in [0.05, 0.1) is 11.9 Å². The largest absolute Gasteiger partial charge is 0.353 e. The summed E-state index contributed by atoms with van der Waals surface area (Å²) < 4.78 is 1.49. The third-order valence-electron chi connectivity index (χ3n) is 2.75. The van der Waals surface area contributed by atoms with Gasteiger partial charge in [-0.25, -0.2) is 4.68 Å². The van der Waals surface area contributed by atoms with E-state index in [9.17, 15) is 4.79 Å². The molecule has 0 saturated carbocycles. The van der Waals surface area contributed by atoms with Gasteiger partial charge in [-0.05, 0) is 13.1 Å². The van der Waals surface area contributed by atoms with Crippen LogP contribution in [0.4, 0.5) is 0 Å². The van der Waals surface area contributed by atoms with Gasteiger partial charge in [0, 0.05) is 19.6 Å². The van der Waals surface area contributed by atoms with Crippen molar-refractivity contribution in [3.8, 4) is 0 Å². The summed E-state index contributed by atoms with van der Waals surface area (Å²) >= 11 is 0. The van der Waals surface area contributed by atoms with E-state index in [4.69, 9.17) is 5.73 Å². The Balaban J connectivity index is 2.25. The SMILES string of the molecule is CCN(CC)CCNC(=O)Cn1cc(CN)nn1. The van der Waals surface area contributed by atoms with E-state index in [2.05, 4.69) is 34.4 Å². The molecule has 0 bridgehead atoms. The van der Waals surface area contributed by atoms with Gasteiger partial charge < -0.3 is 16.0 Å². The fourth-order valence-corrected chi connectivity index (χ4v) is 1.61. The first kappa shape index (κ1) is 14.6. The van der Waals surface area contributed by atoms with Gasteiger partial charge in [0.15, 0.2) is 0 Å². The van der Waals surface area contributed by atoms with E-state index in [1.54, 1.807) is 6.20 Å². The van der Waals surface area contributed by atoms with Crippen molar-refractivity contribution in [1.82, 2.24) is 25.2 Å². The normalized spacial score (nSPS) is 10.9. The van der Waals surface area contributed by atoms with Crippen LogP contribution in [0.25, 0.3) is 0 Å². The predicted molar refractivity (Wildman–Crippen MR) is 68.7 cm³/mol. The van der Waals surface area contributed by atoms with Crippen LogP contribution in [0.3, 0.4) is 0 Å². The maximum absolute atomic E-state index is 11.6. The van der Waals surface area contributed by atoms with Crippen LogP contribution in [-0.4, -0.2) is 52.0 Å². The van der Waals surface area contributed by atoms with Crippen molar-refractivity contribution < 1.29 is 4.79 Å². The number of carbonyl (C=O) groups is 1. The Morgan fingerprint density at radius 3 is 2.78 bits per heavy atom. The van der Waals surface area contributed by atoms with Gasteiger partial charge in [0.1, 0.15) is 6.54 Å². The number of nitrogens with zero attached hydrogens (tertiary/aromatic N) is 4. The quantitative estimate of drug-likeness (QED) is 0.633. The average Bonchev–Trinajstić information content (AvgIpc) is 2.82. The molecule has 1 amide bonds. The molecule has 1 heterocycles. The second kappa shape index (κ2) is 7.78. The third kappa shape index (κ3) is 4.80. The summed E-state index contributed by atoms with van der Waals surface area (Å²) in [5.74, 6) is -0.0596. The maximum atomic E-state index is 11.6. The van der Waals surface area contributed by atoms with Crippen molar-refractivity contribution >= 4 is 5.91 Å². The highest BCUT2D eigenvalue weighted by Crippen LogP contribution is 1.90. The molecule has 0 aliphatic carbocycles. The Hall–Kier alpha value is -1.47. The first-order chi connectivity index (χ1) is 8.69. The molecule has 7 heteroatoms. The minimum absolute atomic E-state index is 0.0596. The molecule has 0 fully saturated rings. The van der Waals surface area contributed by atoms with E-state index >= 15 is 0 Å². The molecule has 0 aliphatic rings. The van der Waals surface area contributed by atoms with Gasteiger partial charge in [0.2, 0.25) is 5.91 Å². The molecule has 102 valence electrons. The molecule has 0 atom stereocenters. The molecule has 1 aromatic rings. The molecule has 0 unspecified atom stereocenters. The summed E-state index contributed by atoms with van der Waals surface area (Å²) in [6, 6.07) is 0. The number of hydrogen-bond donors (Lipinski definition) is 2. The number of carbonyl (C=O) groups excluding carboxylic acids is 1. The third-order valence-corrected chi connectivity index (χ3v) is 2.75. The molecule has 18 heavy (non-hydrogen) atoms. The van der Waals surface area contributed by atoms with Crippen LogP contribution < -0.4 is 11.1 Å². The first-order valence-electron chi connectivity index (χ1n) is 6.27. The lowest BCUT2D eigenvalue weighted by atomic mass is 10.4. The van der Waals surface area contributed by atoms with Gasteiger partial charge in [-0.3, -0.25) is 4.79 Å². The maximum Gasteiger partial charge on any atom is 0.241 e. The molecular weight excluding hydrogens is 232 g/mol. The second-order valence-electron chi connectivity index (χ2n) is 3.99. The van der Waals surface area contributed by atoms with Crippen molar-refractivity contribution in [3.63, 3.8) is 0 Å². The molecule has 0 aliphatic heterocycles. The van der Waals surface area contributed by atoms with Crippen LogP contribution in [-0.2, 0) is 17.9 Å². The van der Waals surface area contributed by atoms with E-state index in [-0.39, 0.29) is 12.5 Å². The fourth-order valence-electron chi connectivity index (χ4n) is 1.61. The van der Waals surface area contributed by atoms with Crippen LogP contribution in [0.1, 0.15) is 19.5 Å². The highest BCUT2D eigenvalue weighted by atomic mass is 16.2. The lowest BCUT2D eigenvalue weighted by Gasteiger charge is -2.17. The van der Waals surface area contributed by atoms with Crippen LogP contribution in [0.2, 0.25) is 0 Å². The molecule has 3 N–H and O–H groups in total. The van der Waals surface area contributed by atoms with E-state index in [1.807, 2.05) is 0 Å². The first-order valence-corrected chi connectivity index (χ1v) is 6.27. The highest BCUT2D eigenvalue weighted by molar-refractivity contribution is 5.75. The van der Waals surface area contributed by atoms with Crippen LogP contribution in [0.15, 0.2) is 6.20 Å². The van der Waals surface area contributed by atoms with Crippen molar-refractivity contribution in [2.75, 3.05) is 26.2 Å². The summed E-state index contributed by atoms with van der Waals surface area (Å²) in [6.07, 6.45) is 1.68. The molecule has 0 radical (unpaired) electrons. The number of rotatable bonds is 8. The molecule has 0 saturated heterocycles. The Bertz CT molecular complexity index is 360. The van der Waals surface area contributed by atoms with E-state index in [1.165, 1.54) is 4.68 Å². The Morgan fingerprint density at radius 1 is 1.50 bits per heavy atom. The van der Waals surface area contributed by atoms with E-state index in [0.717, 1.165) is 19.6 Å². The summed E-state index contributed by atoms with van der Waals surface area (Å²) in [4.78, 5) is 13.9. The Labute approximate surface area is 107 Å². The van der Waals surface area contributed by atoms with E-state index in [0.29, 0.717) is 18.8 Å². The van der Waals surface area contributed by atoms with Gasteiger partial charge in [-0.2, -0.15) is 0 Å². The number of nitrogens with two attached hydrogens (primary N) is 1. The van der Waals surface area contributed by atoms with Crippen LogP contribution >= 0.6 is 0 Å². The number of nitrogens with one attached hydrogen (secondary N) is 1. The summed E-state index contributed by atoms with van der Waals surface area (Å²) in [6.45, 7) is 8.24. The lowest BCUT2D eigenvalue weighted by molar-refractivity contribution is -0.121. The second-order valence-corrected chi connectivity index (χ2v) is 3.99. The standard InChI is InChI=1S/C11H22N6O/c1-3-16(4-2)6-5-13-11(18)9-17-8-10(7-12)14-15-17/h8H,3-7,9,12H2,1-2H3,(H,13,18). The summed E-state index contributed by atoms with van der Waals surface area (Å²) in [5, 5.41) is 10.5.